The van der Waals surface area contributed by atoms with Gasteiger partial charge in [0.25, 0.3) is 0 Å². The molecule has 2 amide bonds. The summed E-state index contributed by atoms with van der Waals surface area (Å²) in [5, 5.41) is 3.92. The molecule has 1 aliphatic carbocycles. The van der Waals surface area contributed by atoms with Gasteiger partial charge in [-0.25, -0.2) is 4.39 Å². The molecule has 1 aliphatic rings. The highest BCUT2D eigenvalue weighted by atomic mass is 35.5. The largest absolute Gasteiger partial charge is 0.352 e. The first-order valence-corrected chi connectivity index (χ1v) is 11.9. The van der Waals surface area contributed by atoms with Gasteiger partial charge in [-0.3, -0.25) is 9.59 Å². The smallest absolute Gasteiger partial charge is 0.243 e. The number of rotatable bonds is 8. The van der Waals surface area contributed by atoms with E-state index in [-0.39, 0.29) is 41.4 Å². The molecule has 7 heteroatoms. The Morgan fingerprint density at radius 1 is 1.09 bits per heavy atom. The third kappa shape index (κ3) is 6.46. The highest BCUT2D eigenvalue weighted by molar-refractivity contribution is 6.31. The molecule has 1 saturated carbocycles. The van der Waals surface area contributed by atoms with Gasteiger partial charge < -0.3 is 10.2 Å². The van der Waals surface area contributed by atoms with Crippen molar-refractivity contribution in [3.05, 3.63) is 69.5 Å². The van der Waals surface area contributed by atoms with Gasteiger partial charge in [-0.05, 0) is 49.1 Å². The second kappa shape index (κ2) is 11.7. The molecule has 1 N–H and O–H groups in total. The molecule has 0 radical (unpaired) electrons. The standard InChI is InChI=1S/C25H29Cl2FN2O2/c1-2-23(25(32)29-19-7-4-3-5-8-19)30(16-17-11-13-18(26)14-12-17)24(31)15-20-21(27)9-6-10-22(20)28/h6,9-14,19,23H,2-5,7-8,15-16H2,1H3,(H,29,32)/t23-/m1/s1. The lowest BCUT2D eigenvalue weighted by atomic mass is 9.95. The molecule has 0 aliphatic heterocycles. The van der Waals surface area contributed by atoms with Gasteiger partial charge in [0.05, 0.1) is 6.42 Å². The number of nitrogens with one attached hydrogen (secondary N) is 1. The molecule has 3 rings (SSSR count). The number of amides is 2. The predicted molar refractivity (Wildman–Crippen MR) is 126 cm³/mol. The number of carbonyl (C=O) groups excluding carboxylic acids is 2. The Kier molecular flexibility index (Phi) is 8.94. The molecule has 32 heavy (non-hydrogen) atoms. The molecular weight excluding hydrogens is 450 g/mol. The van der Waals surface area contributed by atoms with Crippen LogP contribution in [0.15, 0.2) is 42.5 Å². The lowest BCUT2D eigenvalue weighted by molar-refractivity contribution is -0.141. The molecule has 0 bridgehead atoms. The number of nitrogens with zero attached hydrogens (tertiary/aromatic N) is 1. The van der Waals surface area contributed by atoms with Crippen molar-refractivity contribution in [1.82, 2.24) is 10.2 Å². The van der Waals surface area contributed by atoms with Gasteiger partial charge in [0.2, 0.25) is 11.8 Å². The first kappa shape index (κ1) is 24.5. The van der Waals surface area contributed by atoms with Crippen LogP contribution in [0, 0.1) is 5.82 Å². The van der Waals surface area contributed by atoms with Gasteiger partial charge in [-0.1, -0.05) is 67.6 Å². The summed E-state index contributed by atoms with van der Waals surface area (Å²) in [6.45, 7) is 2.10. The van der Waals surface area contributed by atoms with Crippen LogP contribution < -0.4 is 5.32 Å². The van der Waals surface area contributed by atoms with Crippen LogP contribution in [0.1, 0.15) is 56.6 Å². The molecule has 172 valence electrons. The quantitative estimate of drug-likeness (QED) is 0.510. The zero-order chi connectivity index (χ0) is 23.1. The van der Waals surface area contributed by atoms with Crippen LogP contribution in [0.4, 0.5) is 4.39 Å². The minimum Gasteiger partial charge on any atom is -0.352 e. The molecule has 2 aromatic carbocycles. The molecular formula is C25H29Cl2FN2O2. The second-order valence-electron chi connectivity index (χ2n) is 8.29. The maximum Gasteiger partial charge on any atom is 0.243 e. The second-order valence-corrected chi connectivity index (χ2v) is 9.14. The lowest BCUT2D eigenvalue weighted by Gasteiger charge is -2.33. The van der Waals surface area contributed by atoms with Crippen LogP contribution >= 0.6 is 23.2 Å². The van der Waals surface area contributed by atoms with E-state index < -0.39 is 11.9 Å². The topological polar surface area (TPSA) is 49.4 Å². The molecule has 0 spiro atoms. The maximum absolute atomic E-state index is 14.3. The zero-order valence-electron chi connectivity index (χ0n) is 18.3. The van der Waals surface area contributed by atoms with E-state index in [1.54, 1.807) is 18.2 Å². The Labute approximate surface area is 199 Å². The monoisotopic (exact) mass is 478 g/mol. The molecule has 2 aromatic rings. The predicted octanol–water partition coefficient (Wildman–Crippen LogP) is 5.93. The molecule has 0 unspecified atom stereocenters. The van der Waals surface area contributed by atoms with E-state index in [1.165, 1.54) is 23.5 Å². The summed E-state index contributed by atoms with van der Waals surface area (Å²) in [4.78, 5) is 28.1. The third-order valence-electron chi connectivity index (χ3n) is 5.99. The Bertz CT molecular complexity index is 910. The highest BCUT2D eigenvalue weighted by Gasteiger charge is 2.31. The van der Waals surface area contributed by atoms with E-state index in [0.717, 1.165) is 31.2 Å². The van der Waals surface area contributed by atoms with Gasteiger partial charge in [-0.2, -0.15) is 0 Å². The molecule has 0 aromatic heterocycles. The number of hydrogen-bond acceptors (Lipinski definition) is 2. The Balaban J connectivity index is 1.84. The van der Waals surface area contributed by atoms with Crippen molar-refractivity contribution < 1.29 is 14.0 Å². The third-order valence-corrected chi connectivity index (χ3v) is 6.60. The normalized spacial score (nSPS) is 15.2. The van der Waals surface area contributed by atoms with Crippen molar-refractivity contribution in [1.29, 1.82) is 0 Å². The average molecular weight is 479 g/mol. The van der Waals surface area contributed by atoms with Gasteiger partial charge in [0.1, 0.15) is 11.9 Å². The minimum atomic E-state index is -0.661. The van der Waals surface area contributed by atoms with Gasteiger partial charge in [-0.15, -0.1) is 0 Å². The zero-order valence-corrected chi connectivity index (χ0v) is 19.8. The van der Waals surface area contributed by atoms with E-state index in [2.05, 4.69) is 5.32 Å². The van der Waals surface area contributed by atoms with Crippen LogP contribution in [0.25, 0.3) is 0 Å². The van der Waals surface area contributed by atoms with Crippen molar-refractivity contribution in [2.45, 2.75) is 70.5 Å². The summed E-state index contributed by atoms with van der Waals surface area (Å²) in [6, 6.07) is 11.0. The molecule has 4 nitrogen and oxygen atoms in total. The van der Waals surface area contributed by atoms with Gasteiger partial charge >= 0.3 is 0 Å². The number of benzene rings is 2. The van der Waals surface area contributed by atoms with Crippen molar-refractivity contribution in [3.8, 4) is 0 Å². The van der Waals surface area contributed by atoms with Gasteiger partial charge in [0, 0.05) is 28.2 Å². The van der Waals surface area contributed by atoms with E-state index in [4.69, 9.17) is 23.2 Å². The molecule has 1 atom stereocenters. The summed E-state index contributed by atoms with van der Waals surface area (Å²) in [5.74, 6) is -1.05. The van der Waals surface area contributed by atoms with Crippen LogP contribution in [-0.4, -0.2) is 28.8 Å². The van der Waals surface area contributed by atoms with E-state index in [9.17, 15) is 14.0 Å². The lowest BCUT2D eigenvalue weighted by Crippen LogP contribution is -2.52. The Morgan fingerprint density at radius 3 is 2.41 bits per heavy atom. The van der Waals surface area contributed by atoms with Crippen LogP contribution in [0.2, 0.25) is 10.0 Å². The van der Waals surface area contributed by atoms with Crippen molar-refractivity contribution in [3.63, 3.8) is 0 Å². The van der Waals surface area contributed by atoms with Crippen molar-refractivity contribution in [2.75, 3.05) is 0 Å². The van der Waals surface area contributed by atoms with E-state index in [0.29, 0.717) is 11.4 Å². The molecule has 0 heterocycles. The first-order valence-electron chi connectivity index (χ1n) is 11.2. The van der Waals surface area contributed by atoms with Crippen LogP contribution in [0.5, 0.6) is 0 Å². The fourth-order valence-electron chi connectivity index (χ4n) is 4.20. The SMILES string of the molecule is CC[C@H](C(=O)NC1CCCCC1)N(Cc1ccc(Cl)cc1)C(=O)Cc1c(F)cccc1Cl. The summed E-state index contributed by atoms with van der Waals surface area (Å²) in [5.41, 5.74) is 0.981. The summed E-state index contributed by atoms with van der Waals surface area (Å²) in [6.07, 6.45) is 5.53. The molecule has 0 saturated heterocycles. The highest BCUT2D eigenvalue weighted by Crippen LogP contribution is 2.23. The van der Waals surface area contributed by atoms with Crippen molar-refractivity contribution >= 4 is 35.0 Å². The van der Waals surface area contributed by atoms with Gasteiger partial charge in [0.15, 0.2) is 0 Å². The number of halogens is 3. The Hall–Kier alpha value is -2.11. The Morgan fingerprint density at radius 2 is 1.78 bits per heavy atom. The van der Waals surface area contributed by atoms with E-state index >= 15 is 0 Å². The van der Waals surface area contributed by atoms with Crippen LogP contribution in [-0.2, 0) is 22.6 Å². The fourth-order valence-corrected chi connectivity index (χ4v) is 4.56. The van der Waals surface area contributed by atoms with Crippen LogP contribution in [0.3, 0.4) is 0 Å². The van der Waals surface area contributed by atoms with E-state index in [1.807, 2.05) is 19.1 Å². The first-order chi connectivity index (χ1) is 15.4. The maximum atomic E-state index is 14.3. The summed E-state index contributed by atoms with van der Waals surface area (Å²) >= 11 is 12.2. The number of carbonyl (C=O) groups is 2. The summed E-state index contributed by atoms with van der Waals surface area (Å²) in [7, 11) is 0. The van der Waals surface area contributed by atoms with Crippen molar-refractivity contribution in [2.24, 2.45) is 0 Å². The average Bonchev–Trinajstić information content (AvgIpc) is 2.78. The summed E-state index contributed by atoms with van der Waals surface area (Å²) < 4.78 is 14.3. The minimum absolute atomic E-state index is 0.138. The molecule has 1 fully saturated rings. The fraction of sp³-hybridized carbons (Fsp3) is 0.440. The number of hydrogen-bond donors (Lipinski definition) is 1.